The second-order valence-electron chi connectivity index (χ2n) is 3.59. The Bertz CT molecular complexity index is 545. The van der Waals surface area contributed by atoms with Gasteiger partial charge in [-0.15, -0.1) is 11.3 Å². The smallest absolute Gasteiger partial charge is 0.350 e. The summed E-state index contributed by atoms with van der Waals surface area (Å²) < 4.78 is 4.77. The molecule has 4 nitrogen and oxygen atoms in total. The third-order valence-corrected chi connectivity index (χ3v) is 4.47. The Hall–Kier alpha value is -1.01. The Labute approximate surface area is 108 Å². The van der Waals surface area contributed by atoms with E-state index >= 15 is 0 Å². The van der Waals surface area contributed by atoms with Crippen LogP contribution < -0.4 is 0 Å². The number of methoxy groups -OCH3 is 1. The summed E-state index contributed by atoms with van der Waals surface area (Å²) >= 11 is 3.10. The summed E-state index contributed by atoms with van der Waals surface area (Å²) in [7, 11) is 1.40. The SMILES string of the molecule is CCCSc1nc2c(C)sc(C(=O)OC)c2[nH]1. The van der Waals surface area contributed by atoms with Crippen molar-refractivity contribution in [3.63, 3.8) is 0 Å². The molecule has 0 unspecified atom stereocenters. The van der Waals surface area contributed by atoms with Crippen molar-refractivity contribution in [3.05, 3.63) is 9.75 Å². The van der Waals surface area contributed by atoms with E-state index in [-0.39, 0.29) is 5.97 Å². The van der Waals surface area contributed by atoms with E-state index in [9.17, 15) is 4.79 Å². The molecule has 0 aliphatic rings. The number of imidazole rings is 1. The molecule has 0 atom stereocenters. The number of fused-ring (bicyclic) bond motifs is 1. The first-order valence-corrected chi connectivity index (χ1v) is 7.17. The maximum absolute atomic E-state index is 11.6. The lowest BCUT2D eigenvalue weighted by Gasteiger charge is -1.95. The topological polar surface area (TPSA) is 55.0 Å². The first-order valence-electron chi connectivity index (χ1n) is 5.37. The van der Waals surface area contributed by atoms with Crippen LogP contribution >= 0.6 is 23.1 Å². The number of thiophene rings is 1. The zero-order valence-corrected chi connectivity index (χ0v) is 11.6. The average molecular weight is 270 g/mol. The molecule has 6 heteroatoms. The number of carbonyl (C=O) groups is 1. The van der Waals surface area contributed by atoms with Gasteiger partial charge in [0.25, 0.3) is 0 Å². The van der Waals surface area contributed by atoms with Crippen LogP contribution in [0.4, 0.5) is 0 Å². The van der Waals surface area contributed by atoms with E-state index < -0.39 is 0 Å². The number of nitrogens with zero attached hydrogens (tertiary/aromatic N) is 1. The van der Waals surface area contributed by atoms with Gasteiger partial charge in [-0.2, -0.15) is 0 Å². The summed E-state index contributed by atoms with van der Waals surface area (Å²) in [5, 5.41) is 0.873. The van der Waals surface area contributed by atoms with Crippen molar-refractivity contribution in [2.24, 2.45) is 0 Å². The van der Waals surface area contributed by atoms with Crippen LogP contribution in [0.15, 0.2) is 5.16 Å². The number of aromatic amines is 1. The van der Waals surface area contributed by atoms with E-state index in [1.54, 1.807) is 11.8 Å². The lowest BCUT2D eigenvalue weighted by atomic mass is 10.3. The van der Waals surface area contributed by atoms with Crippen LogP contribution in [-0.2, 0) is 4.74 Å². The third-order valence-electron chi connectivity index (χ3n) is 2.31. The number of rotatable bonds is 4. The number of hydrogen-bond donors (Lipinski definition) is 1. The number of ether oxygens (including phenoxy) is 1. The molecule has 0 saturated carbocycles. The molecular weight excluding hydrogens is 256 g/mol. The van der Waals surface area contributed by atoms with Crippen LogP contribution in [0.1, 0.15) is 27.9 Å². The minimum atomic E-state index is -0.302. The molecule has 0 aliphatic carbocycles. The van der Waals surface area contributed by atoms with E-state index in [1.165, 1.54) is 18.4 Å². The van der Waals surface area contributed by atoms with Crippen LogP contribution in [0.5, 0.6) is 0 Å². The molecule has 0 saturated heterocycles. The molecular formula is C11H14N2O2S2. The normalized spacial score (nSPS) is 11.0. The number of nitrogens with one attached hydrogen (secondary N) is 1. The Morgan fingerprint density at radius 3 is 3.00 bits per heavy atom. The molecule has 0 fully saturated rings. The average Bonchev–Trinajstić information content (AvgIpc) is 2.86. The maximum Gasteiger partial charge on any atom is 0.350 e. The molecule has 17 heavy (non-hydrogen) atoms. The van der Waals surface area contributed by atoms with Gasteiger partial charge in [0, 0.05) is 10.6 Å². The Morgan fingerprint density at radius 2 is 2.35 bits per heavy atom. The fraction of sp³-hybridized carbons (Fsp3) is 0.455. The summed E-state index contributed by atoms with van der Waals surface area (Å²) in [6.07, 6.45) is 1.10. The molecule has 0 radical (unpaired) electrons. The van der Waals surface area contributed by atoms with Crippen molar-refractivity contribution in [3.8, 4) is 0 Å². The largest absolute Gasteiger partial charge is 0.465 e. The van der Waals surface area contributed by atoms with Crippen molar-refractivity contribution in [2.75, 3.05) is 12.9 Å². The van der Waals surface area contributed by atoms with Gasteiger partial charge in [-0.05, 0) is 13.3 Å². The first-order chi connectivity index (χ1) is 8.17. The van der Waals surface area contributed by atoms with Crippen LogP contribution in [0.3, 0.4) is 0 Å². The van der Waals surface area contributed by atoms with Crippen LogP contribution in [0, 0.1) is 6.92 Å². The summed E-state index contributed by atoms with van der Waals surface area (Å²) in [5.41, 5.74) is 1.69. The molecule has 2 rings (SSSR count). The second kappa shape index (κ2) is 5.10. The highest BCUT2D eigenvalue weighted by Crippen LogP contribution is 2.31. The molecule has 0 aliphatic heterocycles. The van der Waals surface area contributed by atoms with E-state index in [2.05, 4.69) is 16.9 Å². The van der Waals surface area contributed by atoms with E-state index in [0.717, 1.165) is 33.2 Å². The summed E-state index contributed by atoms with van der Waals surface area (Å²) in [6.45, 7) is 4.09. The molecule has 2 aromatic heterocycles. The van der Waals surface area contributed by atoms with Gasteiger partial charge >= 0.3 is 5.97 Å². The highest BCUT2D eigenvalue weighted by molar-refractivity contribution is 7.99. The Morgan fingerprint density at radius 1 is 1.59 bits per heavy atom. The van der Waals surface area contributed by atoms with Gasteiger partial charge in [0.05, 0.1) is 12.6 Å². The van der Waals surface area contributed by atoms with Crippen LogP contribution in [-0.4, -0.2) is 28.8 Å². The van der Waals surface area contributed by atoms with Crippen molar-refractivity contribution in [1.29, 1.82) is 0 Å². The molecule has 92 valence electrons. The zero-order valence-electron chi connectivity index (χ0n) is 9.99. The van der Waals surface area contributed by atoms with Gasteiger partial charge in [-0.1, -0.05) is 18.7 Å². The first kappa shape index (κ1) is 12.4. The molecule has 0 amide bonds. The number of carbonyl (C=O) groups excluding carboxylic acids is 1. The number of aromatic nitrogens is 2. The number of H-pyrrole nitrogens is 1. The van der Waals surface area contributed by atoms with Crippen molar-refractivity contribution >= 4 is 40.1 Å². The standard InChI is InChI=1S/C11H14N2O2S2/c1-4-5-16-11-12-7-6(2)17-9(8(7)13-11)10(14)15-3/h4-5H2,1-3H3,(H,12,13). The van der Waals surface area contributed by atoms with Crippen molar-refractivity contribution < 1.29 is 9.53 Å². The predicted molar refractivity (Wildman–Crippen MR) is 71.1 cm³/mol. The van der Waals surface area contributed by atoms with Gasteiger partial charge in [0.1, 0.15) is 10.4 Å². The van der Waals surface area contributed by atoms with E-state index in [0.29, 0.717) is 4.88 Å². The number of esters is 1. The quantitative estimate of drug-likeness (QED) is 0.684. The van der Waals surface area contributed by atoms with Crippen molar-refractivity contribution in [1.82, 2.24) is 9.97 Å². The highest BCUT2D eigenvalue weighted by Gasteiger charge is 2.19. The van der Waals surface area contributed by atoms with Gasteiger partial charge in [0.15, 0.2) is 5.16 Å². The number of aryl methyl sites for hydroxylation is 1. The maximum atomic E-state index is 11.6. The zero-order chi connectivity index (χ0) is 12.4. The summed E-state index contributed by atoms with van der Waals surface area (Å²) in [5.74, 6) is 0.718. The van der Waals surface area contributed by atoms with Gasteiger partial charge in [0.2, 0.25) is 0 Å². The lowest BCUT2D eigenvalue weighted by Crippen LogP contribution is -1.98. The highest BCUT2D eigenvalue weighted by atomic mass is 32.2. The minimum absolute atomic E-state index is 0.302. The van der Waals surface area contributed by atoms with E-state index in [1.807, 2.05) is 6.92 Å². The summed E-state index contributed by atoms with van der Waals surface area (Å²) in [4.78, 5) is 20.9. The molecule has 0 aromatic carbocycles. The van der Waals surface area contributed by atoms with Gasteiger partial charge in [-0.25, -0.2) is 9.78 Å². The molecule has 2 heterocycles. The monoisotopic (exact) mass is 270 g/mol. The van der Waals surface area contributed by atoms with Crippen LogP contribution in [0.2, 0.25) is 0 Å². The molecule has 0 spiro atoms. The second-order valence-corrected chi connectivity index (χ2v) is 5.90. The summed E-state index contributed by atoms with van der Waals surface area (Å²) in [6, 6.07) is 0. The fourth-order valence-electron chi connectivity index (χ4n) is 1.53. The lowest BCUT2D eigenvalue weighted by molar-refractivity contribution is 0.0608. The Kier molecular flexibility index (Phi) is 3.73. The number of hydrogen-bond acceptors (Lipinski definition) is 5. The third kappa shape index (κ3) is 2.32. The molecule has 1 N–H and O–H groups in total. The predicted octanol–water partition coefficient (Wildman–Crippen LogP) is 3.22. The fourth-order valence-corrected chi connectivity index (χ4v) is 3.22. The van der Waals surface area contributed by atoms with Crippen LogP contribution in [0.25, 0.3) is 11.0 Å². The Balaban J connectivity index is 2.42. The minimum Gasteiger partial charge on any atom is -0.465 e. The van der Waals surface area contributed by atoms with Gasteiger partial charge < -0.3 is 9.72 Å². The van der Waals surface area contributed by atoms with Gasteiger partial charge in [-0.3, -0.25) is 0 Å². The van der Waals surface area contributed by atoms with E-state index in [4.69, 9.17) is 4.74 Å². The molecule has 0 bridgehead atoms. The molecule has 2 aromatic rings. The van der Waals surface area contributed by atoms with Crippen molar-refractivity contribution in [2.45, 2.75) is 25.4 Å². The number of thioether (sulfide) groups is 1.